The number of benzene rings is 1. The van der Waals surface area contributed by atoms with E-state index >= 15 is 0 Å². The van der Waals surface area contributed by atoms with E-state index in [9.17, 15) is 0 Å². The molecule has 1 rings (SSSR count). The molecule has 0 amide bonds. The summed E-state index contributed by atoms with van der Waals surface area (Å²) >= 11 is 6.04. The Bertz CT molecular complexity index is 252. The number of hydrogen-bond acceptors (Lipinski definition) is 1. The minimum Gasteiger partial charge on any atom is -0.388 e. The summed E-state index contributed by atoms with van der Waals surface area (Å²) in [6, 6.07) is 4.11. The predicted octanol–water partition coefficient (Wildman–Crippen LogP) is 3.25. The van der Waals surface area contributed by atoms with Crippen molar-refractivity contribution in [3.63, 3.8) is 0 Å². The van der Waals surface area contributed by atoms with E-state index in [1.165, 1.54) is 11.1 Å². The Labute approximate surface area is 78.7 Å². The van der Waals surface area contributed by atoms with Crippen molar-refractivity contribution in [3.8, 4) is 0 Å². The van der Waals surface area contributed by atoms with Crippen LogP contribution in [-0.2, 0) is 6.42 Å². The fourth-order valence-corrected chi connectivity index (χ4v) is 1.58. The van der Waals surface area contributed by atoms with Gasteiger partial charge in [0.05, 0.1) is 0 Å². The standard InChI is InChI=1S/C10H14ClN/c1-4-8-5-7(2)10(12-3)6-9(8)11/h5-6,12H,4H2,1-3H3. The smallest absolute Gasteiger partial charge is 0.0458 e. The maximum Gasteiger partial charge on any atom is 0.0458 e. The van der Waals surface area contributed by atoms with Gasteiger partial charge >= 0.3 is 0 Å². The first-order valence-corrected chi connectivity index (χ1v) is 4.53. The van der Waals surface area contributed by atoms with Gasteiger partial charge < -0.3 is 5.32 Å². The SMILES string of the molecule is CCc1cc(C)c(NC)cc1Cl. The van der Waals surface area contributed by atoms with Crippen LogP contribution in [0.3, 0.4) is 0 Å². The molecule has 0 atom stereocenters. The van der Waals surface area contributed by atoms with Crippen LogP contribution in [0.15, 0.2) is 12.1 Å². The number of halogens is 1. The molecular formula is C10H14ClN. The van der Waals surface area contributed by atoms with E-state index in [-0.39, 0.29) is 0 Å². The lowest BCUT2D eigenvalue weighted by molar-refractivity contribution is 1.13. The molecule has 0 spiro atoms. The number of anilines is 1. The Balaban J connectivity index is 3.16. The van der Waals surface area contributed by atoms with Gasteiger partial charge in [-0.2, -0.15) is 0 Å². The van der Waals surface area contributed by atoms with Gasteiger partial charge in [-0.3, -0.25) is 0 Å². The molecule has 0 saturated heterocycles. The Morgan fingerprint density at radius 3 is 2.58 bits per heavy atom. The van der Waals surface area contributed by atoms with Crippen LogP contribution in [0.5, 0.6) is 0 Å². The fraction of sp³-hybridized carbons (Fsp3) is 0.400. The zero-order chi connectivity index (χ0) is 9.14. The van der Waals surface area contributed by atoms with E-state index < -0.39 is 0 Å². The molecule has 1 N–H and O–H groups in total. The Morgan fingerprint density at radius 2 is 2.08 bits per heavy atom. The quantitative estimate of drug-likeness (QED) is 0.743. The van der Waals surface area contributed by atoms with E-state index in [4.69, 9.17) is 11.6 Å². The van der Waals surface area contributed by atoms with Crippen LogP contribution in [0.1, 0.15) is 18.1 Å². The molecule has 0 heterocycles. The minimum absolute atomic E-state index is 0.854. The summed E-state index contributed by atoms with van der Waals surface area (Å²) in [6.07, 6.45) is 0.990. The highest BCUT2D eigenvalue weighted by atomic mass is 35.5. The highest BCUT2D eigenvalue weighted by Gasteiger charge is 2.02. The Hall–Kier alpha value is -0.690. The van der Waals surface area contributed by atoms with Crippen molar-refractivity contribution in [3.05, 3.63) is 28.3 Å². The lowest BCUT2D eigenvalue weighted by atomic mass is 10.1. The number of aryl methyl sites for hydroxylation is 2. The topological polar surface area (TPSA) is 12.0 Å². The van der Waals surface area contributed by atoms with Crippen LogP contribution in [0, 0.1) is 6.92 Å². The van der Waals surface area contributed by atoms with E-state index in [0.717, 1.165) is 17.1 Å². The first-order valence-electron chi connectivity index (χ1n) is 4.15. The number of rotatable bonds is 2. The molecule has 1 nitrogen and oxygen atoms in total. The van der Waals surface area contributed by atoms with Gasteiger partial charge in [0.2, 0.25) is 0 Å². The zero-order valence-corrected chi connectivity index (χ0v) is 8.50. The van der Waals surface area contributed by atoms with Crippen molar-refractivity contribution in [2.75, 3.05) is 12.4 Å². The van der Waals surface area contributed by atoms with Gasteiger partial charge in [0.1, 0.15) is 0 Å². The van der Waals surface area contributed by atoms with Gasteiger partial charge in [0.15, 0.2) is 0 Å². The average Bonchev–Trinajstić information content (AvgIpc) is 2.08. The third-order valence-corrected chi connectivity index (χ3v) is 2.40. The third-order valence-electron chi connectivity index (χ3n) is 2.04. The Morgan fingerprint density at radius 1 is 1.42 bits per heavy atom. The van der Waals surface area contributed by atoms with E-state index in [1.807, 2.05) is 13.1 Å². The van der Waals surface area contributed by atoms with Gasteiger partial charge in [0, 0.05) is 17.8 Å². The highest BCUT2D eigenvalue weighted by molar-refractivity contribution is 6.31. The second kappa shape index (κ2) is 3.81. The summed E-state index contributed by atoms with van der Waals surface area (Å²) in [5.41, 5.74) is 3.57. The highest BCUT2D eigenvalue weighted by Crippen LogP contribution is 2.24. The fourth-order valence-electron chi connectivity index (χ4n) is 1.28. The summed E-state index contributed by atoms with van der Waals surface area (Å²) in [5, 5.41) is 3.96. The van der Waals surface area contributed by atoms with Crippen LogP contribution in [0.2, 0.25) is 5.02 Å². The summed E-state index contributed by atoms with van der Waals surface area (Å²) in [5.74, 6) is 0. The average molecular weight is 184 g/mol. The maximum atomic E-state index is 6.04. The first kappa shape index (κ1) is 9.40. The van der Waals surface area contributed by atoms with Gasteiger partial charge in [-0.25, -0.2) is 0 Å². The molecule has 2 heteroatoms. The molecule has 0 fully saturated rings. The van der Waals surface area contributed by atoms with Crippen LogP contribution in [-0.4, -0.2) is 7.05 Å². The van der Waals surface area contributed by atoms with Crippen molar-refractivity contribution in [1.29, 1.82) is 0 Å². The van der Waals surface area contributed by atoms with E-state index in [2.05, 4.69) is 25.2 Å². The van der Waals surface area contributed by atoms with Crippen LogP contribution in [0.4, 0.5) is 5.69 Å². The maximum absolute atomic E-state index is 6.04. The molecule has 0 aromatic heterocycles. The molecule has 0 bridgehead atoms. The minimum atomic E-state index is 0.854. The Kier molecular flexibility index (Phi) is 2.99. The van der Waals surface area contributed by atoms with Crippen LogP contribution < -0.4 is 5.32 Å². The number of hydrogen-bond donors (Lipinski definition) is 1. The van der Waals surface area contributed by atoms with Gasteiger partial charge in [-0.1, -0.05) is 24.6 Å². The normalized spacial score (nSPS) is 10.0. The summed E-state index contributed by atoms with van der Waals surface area (Å²) in [6.45, 7) is 4.20. The first-order chi connectivity index (χ1) is 5.69. The third kappa shape index (κ3) is 1.72. The molecule has 66 valence electrons. The van der Waals surface area contributed by atoms with Crippen molar-refractivity contribution >= 4 is 17.3 Å². The van der Waals surface area contributed by atoms with Crippen LogP contribution >= 0.6 is 11.6 Å². The van der Waals surface area contributed by atoms with Gasteiger partial charge in [-0.05, 0) is 30.5 Å². The summed E-state index contributed by atoms with van der Waals surface area (Å²) in [4.78, 5) is 0. The molecule has 0 aliphatic rings. The molecule has 1 aromatic carbocycles. The molecule has 0 radical (unpaired) electrons. The molecule has 0 unspecified atom stereocenters. The van der Waals surface area contributed by atoms with E-state index in [0.29, 0.717) is 0 Å². The van der Waals surface area contributed by atoms with Crippen molar-refractivity contribution in [1.82, 2.24) is 0 Å². The van der Waals surface area contributed by atoms with Crippen molar-refractivity contribution in [2.45, 2.75) is 20.3 Å². The molecule has 0 saturated carbocycles. The predicted molar refractivity (Wildman–Crippen MR) is 55.1 cm³/mol. The van der Waals surface area contributed by atoms with Crippen molar-refractivity contribution in [2.24, 2.45) is 0 Å². The molecule has 0 aliphatic heterocycles. The summed E-state index contributed by atoms with van der Waals surface area (Å²) < 4.78 is 0. The van der Waals surface area contributed by atoms with Crippen LogP contribution in [0.25, 0.3) is 0 Å². The van der Waals surface area contributed by atoms with Gasteiger partial charge in [0.25, 0.3) is 0 Å². The van der Waals surface area contributed by atoms with Gasteiger partial charge in [-0.15, -0.1) is 0 Å². The largest absolute Gasteiger partial charge is 0.388 e. The lowest BCUT2D eigenvalue weighted by Crippen LogP contribution is -1.93. The molecule has 0 aliphatic carbocycles. The zero-order valence-electron chi connectivity index (χ0n) is 7.74. The molecule has 1 aromatic rings. The second-order valence-electron chi connectivity index (χ2n) is 2.86. The molecular weight excluding hydrogens is 170 g/mol. The molecule has 12 heavy (non-hydrogen) atoms. The monoisotopic (exact) mass is 183 g/mol. The summed E-state index contributed by atoms with van der Waals surface area (Å²) in [7, 11) is 1.91. The second-order valence-corrected chi connectivity index (χ2v) is 3.27. The number of nitrogens with one attached hydrogen (secondary N) is 1. The van der Waals surface area contributed by atoms with E-state index in [1.54, 1.807) is 0 Å². The van der Waals surface area contributed by atoms with Crippen molar-refractivity contribution < 1.29 is 0 Å². The lowest BCUT2D eigenvalue weighted by Gasteiger charge is -2.08.